The Bertz CT molecular complexity index is 1090. The predicted octanol–water partition coefficient (Wildman–Crippen LogP) is 4.73. The van der Waals surface area contributed by atoms with Gasteiger partial charge in [-0.15, -0.1) is 11.3 Å². The Hall–Kier alpha value is -3.09. The molecule has 6 heteroatoms. The Labute approximate surface area is 172 Å². The van der Waals surface area contributed by atoms with Gasteiger partial charge in [-0.25, -0.2) is 0 Å². The smallest absolute Gasteiger partial charge is 0.232 e. The van der Waals surface area contributed by atoms with Gasteiger partial charge in [0.2, 0.25) is 5.78 Å². The third-order valence-electron chi connectivity index (χ3n) is 5.06. The van der Waals surface area contributed by atoms with Gasteiger partial charge >= 0.3 is 0 Å². The molecule has 3 aromatic rings. The molecule has 5 rings (SSSR count). The van der Waals surface area contributed by atoms with E-state index in [0.717, 1.165) is 28.5 Å². The number of hydrogen-bond acceptors (Lipinski definition) is 6. The molecule has 146 valence electrons. The minimum absolute atomic E-state index is 0.0801. The number of ketones is 1. The molecule has 0 unspecified atom stereocenters. The number of carbonyl (C=O) groups is 1. The van der Waals surface area contributed by atoms with Crippen LogP contribution in [0.25, 0.3) is 6.08 Å². The molecule has 2 aliphatic heterocycles. The van der Waals surface area contributed by atoms with Crippen molar-refractivity contribution in [1.29, 1.82) is 0 Å². The van der Waals surface area contributed by atoms with Crippen LogP contribution in [-0.2, 0) is 13.1 Å². The molecule has 2 aromatic carbocycles. The molecule has 0 amide bonds. The molecule has 2 aliphatic rings. The Morgan fingerprint density at radius 1 is 1.17 bits per heavy atom. The van der Waals surface area contributed by atoms with Crippen molar-refractivity contribution in [1.82, 2.24) is 4.90 Å². The molecule has 0 aliphatic carbocycles. The van der Waals surface area contributed by atoms with E-state index in [4.69, 9.17) is 14.2 Å². The summed E-state index contributed by atoms with van der Waals surface area (Å²) < 4.78 is 17.2. The van der Waals surface area contributed by atoms with Crippen LogP contribution in [0, 0.1) is 0 Å². The summed E-state index contributed by atoms with van der Waals surface area (Å²) in [6.45, 7) is 1.88. The highest BCUT2D eigenvalue weighted by molar-refractivity contribution is 7.10. The lowest BCUT2D eigenvalue weighted by Crippen LogP contribution is -2.31. The molecule has 0 spiro atoms. The van der Waals surface area contributed by atoms with Crippen molar-refractivity contribution in [2.24, 2.45) is 0 Å². The Kier molecular flexibility index (Phi) is 4.58. The number of fused-ring (bicyclic) bond motifs is 3. The summed E-state index contributed by atoms with van der Waals surface area (Å²) in [7, 11) is 1.66. The third-order valence-corrected chi connectivity index (χ3v) is 5.88. The number of methoxy groups -OCH3 is 1. The zero-order valence-corrected chi connectivity index (χ0v) is 16.7. The van der Waals surface area contributed by atoms with Crippen molar-refractivity contribution in [3.05, 3.63) is 81.2 Å². The van der Waals surface area contributed by atoms with Crippen LogP contribution in [0.2, 0.25) is 0 Å². The average Bonchev–Trinajstić information content (AvgIpc) is 3.37. The monoisotopic (exact) mass is 405 g/mol. The van der Waals surface area contributed by atoms with Crippen molar-refractivity contribution < 1.29 is 19.0 Å². The molecule has 0 saturated carbocycles. The van der Waals surface area contributed by atoms with Crippen LogP contribution in [0.5, 0.6) is 17.2 Å². The second kappa shape index (κ2) is 7.39. The first-order valence-electron chi connectivity index (χ1n) is 9.33. The number of benzene rings is 2. The fourth-order valence-corrected chi connectivity index (χ4v) is 4.24. The van der Waals surface area contributed by atoms with Crippen molar-refractivity contribution >= 4 is 23.2 Å². The maximum absolute atomic E-state index is 12.8. The van der Waals surface area contributed by atoms with Crippen molar-refractivity contribution in [2.45, 2.75) is 13.1 Å². The summed E-state index contributed by atoms with van der Waals surface area (Å²) in [5, 5.41) is 1.98. The van der Waals surface area contributed by atoms with Crippen LogP contribution in [0.1, 0.15) is 26.4 Å². The zero-order valence-electron chi connectivity index (χ0n) is 15.9. The highest BCUT2D eigenvalue weighted by atomic mass is 32.1. The Morgan fingerprint density at radius 3 is 2.79 bits per heavy atom. The second-order valence-corrected chi connectivity index (χ2v) is 7.96. The number of Topliss-reactive ketones (excluding diaryl/α,β-unsaturated/α-hetero) is 1. The van der Waals surface area contributed by atoms with Gasteiger partial charge < -0.3 is 14.2 Å². The number of hydrogen-bond donors (Lipinski definition) is 0. The number of thiophene rings is 1. The lowest BCUT2D eigenvalue weighted by molar-refractivity contribution is 0.0872. The molecule has 0 fully saturated rings. The van der Waals surface area contributed by atoms with Crippen LogP contribution < -0.4 is 14.2 Å². The number of ether oxygens (including phenoxy) is 3. The molecular formula is C23H19NO4S. The molecule has 0 N–H and O–H groups in total. The minimum Gasteiger partial charge on any atom is -0.497 e. The summed E-state index contributed by atoms with van der Waals surface area (Å²) in [5.41, 5.74) is 2.69. The lowest BCUT2D eigenvalue weighted by atomic mass is 10.0. The van der Waals surface area contributed by atoms with Crippen LogP contribution in [0.4, 0.5) is 0 Å². The van der Waals surface area contributed by atoms with E-state index in [1.807, 2.05) is 47.8 Å². The molecular weight excluding hydrogens is 386 g/mol. The highest BCUT2D eigenvalue weighted by Crippen LogP contribution is 2.42. The number of rotatable bonds is 4. The van der Waals surface area contributed by atoms with E-state index >= 15 is 0 Å². The first-order valence-corrected chi connectivity index (χ1v) is 10.2. The molecule has 0 atom stereocenters. The van der Waals surface area contributed by atoms with Gasteiger partial charge in [0.15, 0.2) is 5.76 Å². The van der Waals surface area contributed by atoms with Gasteiger partial charge in [-0.2, -0.15) is 0 Å². The van der Waals surface area contributed by atoms with Gasteiger partial charge in [0, 0.05) is 24.0 Å². The van der Waals surface area contributed by atoms with Gasteiger partial charge in [0.25, 0.3) is 0 Å². The summed E-state index contributed by atoms with van der Waals surface area (Å²) in [4.78, 5) is 16.0. The summed E-state index contributed by atoms with van der Waals surface area (Å²) in [6.07, 6.45) is 1.80. The highest BCUT2D eigenvalue weighted by Gasteiger charge is 2.33. The fraction of sp³-hybridized carbons (Fsp3) is 0.174. The normalized spacial score (nSPS) is 16.9. The maximum Gasteiger partial charge on any atom is 0.232 e. The molecule has 0 radical (unpaired) electrons. The van der Waals surface area contributed by atoms with Crippen molar-refractivity contribution in [2.75, 3.05) is 13.8 Å². The molecule has 0 saturated heterocycles. The van der Waals surface area contributed by atoms with Crippen LogP contribution in [0.15, 0.2) is 59.7 Å². The summed E-state index contributed by atoms with van der Waals surface area (Å²) >= 11 is 1.57. The predicted molar refractivity (Wildman–Crippen MR) is 111 cm³/mol. The summed E-state index contributed by atoms with van der Waals surface area (Å²) in [5.74, 6) is 2.52. The standard InChI is InChI=1S/C23H19NO4S/c1-26-16-6-4-15(5-7-16)12-24-13-19-20(27-14-24)9-8-18-22(25)21(28-23(18)19)11-17-3-2-10-29-17/h2-11H,12-14H2,1H3/b21-11-. The Morgan fingerprint density at radius 2 is 2.03 bits per heavy atom. The largest absolute Gasteiger partial charge is 0.497 e. The fourth-order valence-electron chi connectivity index (χ4n) is 3.60. The number of nitrogens with zero attached hydrogens (tertiary/aromatic N) is 1. The Balaban J connectivity index is 1.40. The number of carbonyl (C=O) groups excluding carboxylic acids is 1. The van der Waals surface area contributed by atoms with E-state index in [2.05, 4.69) is 4.90 Å². The quantitative estimate of drug-likeness (QED) is 0.588. The van der Waals surface area contributed by atoms with Gasteiger partial charge in [0.1, 0.15) is 24.0 Å². The lowest BCUT2D eigenvalue weighted by Gasteiger charge is -2.29. The topological polar surface area (TPSA) is 48.0 Å². The van der Waals surface area contributed by atoms with E-state index in [1.165, 1.54) is 5.56 Å². The SMILES string of the molecule is COc1ccc(CN2COc3ccc4c(c3C2)O/C(=C\c2cccs2)C4=O)cc1. The van der Waals surface area contributed by atoms with Crippen LogP contribution in [-0.4, -0.2) is 24.5 Å². The van der Waals surface area contributed by atoms with E-state index in [0.29, 0.717) is 30.3 Å². The maximum atomic E-state index is 12.8. The van der Waals surface area contributed by atoms with E-state index in [-0.39, 0.29) is 5.78 Å². The van der Waals surface area contributed by atoms with Gasteiger partial charge in [-0.3, -0.25) is 9.69 Å². The number of allylic oxidation sites excluding steroid dienone is 1. The van der Waals surface area contributed by atoms with Crippen LogP contribution >= 0.6 is 11.3 Å². The van der Waals surface area contributed by atoms with Gasteiger partial charge in [0.05, 0.1) is 18.2 Å². The van der Waals surface area contributed by atoms with Crippen molar-refractivity contribution in [3.8, 4) is 17.2 Å². The minimum atomic E-state index is -0.0801. The molecule has 5 nitrogen and oxygen atoms in total. The average molecular weight is 405 g/mol. The van der Waals surface area contributed by atoms with Crippen molar-refractivity contribution in [3.63, 3.8) is 0 Å². The molecule has 0 bridgehead atoms. The first kappa shape index (κ1) is 18.0. The second-order valence-electron chi connectivity index (χ2n) is 6.98. The first-order chi connectivity index (χ1) is 14.2. The van der Waals surface area contributed by atoms with Gasteiger partial charge in [-0.1, -0.05) is 18.2 Å². The van der Waals surface area contributed by atoms with E-state index < -0.39 is 0 Å². The summed E-state index contributed by atoms with van der Waals surface area (Å²) in [6, 6.07) is 15.6. The molecule has 3 heterocycles. The molecule has 1 aromatic heterocycles. The third kappa shape index (κ3) is 3.41. The van der Waals surface area contributed by atoms with E-state index in [9.17, 15) is 4.79 Å². The van der Waals surface area contributed by atoms with E-state index in [1.54, 1.807) is 30.6 Å². The van der Waals surface area contributed by atoms with Gasteiger partial charge in [-0.05, 0) is 41.3 Å². The zero-order chi connectivity index (χ0) is 19.8. The molecule has 29 heavy (non-hydrogen) atoms. The van der Waals surface area contributed by atoms with Crippen LogP contribution in [0.3, 0.4) is 0 Å².